The lowest BCUT2D eigenvalue weighted by Crippen LogP contribution is -2.29. The number of thiophene rings is 1. The van der Waals surface area contributed by atoms with Crippen LogP contribution in [0.25, 0.3) is 5.76 Å². The molecule has 1 atom stereocenters. The zero-order chi connectivity index (χ0) is 20.7. The number of hydrogen-bond donors (Lipinski definition) is 1. The largest absolute Gasteiger partial charge is 0.507 e. The Labute approximate surface area is 173 Å². The lowest BCUT2D eigenvalue weighted by atomic mass is 10.00. The van der Waals surface area contributed by atoms with Gasteiger partial charge >= 0.3 is 0 Å². The second kappa shape index (κ2) is 7.42. The van der Waals surface area contributed by atoms with E-state index in [-0.39, 0.29) is 16.8 Å². The maximum Gasteiger partial charge on any atom is 0.300 e. The molecule has 0 radical (unpaired) electrons. The number of carbonyl (C=O) groups is 2. The average Bonchev–Trinajstić information content (AvgIpc) is 3.31. The molecule has 1 unspecified atom stereocenters. The molecule has 2 aromatic carbocycles. The molecule has 0 aliphatic carbocycles. The van der Waals surface area contributed by atoms with Gasteiger partial charge in [-0.25, -0.2) is 8.78 Å². The molecule has 146 valence electrons. The molecule has 0 saturated carbocycles. The monoisotopic (exact) mass is 431 g/mol. The van der Waals surface area contributed by atoms with E-state index < -0.39 is 35.1 Å². The normalized spacial score (nSPS) is 18.4. The van der Waals surface area contributed by atoms with Crippen molar-refractivity contribution in [2.45, 2.75) is 6.04 Å². The second-order valence-corrected chi connectivity index (χ2v) is 7.71. The van der Waals surface area contributed by atoms with Crippen LogP contribution in [0, 0.1) is 11.6 Å². The summed E-state index contributed by atoms with van der Waals surface area (Å²) in [6.07, 6.45) is 0. The first-order valence-corrected chi connectivity index (χ1v) is 9.69. The minimum atomic E-state index is -1.15. The molecule has 1 aliphatic rings. The van der Waals surface area contributed by atoms with Gasteiger partial charge < -0.3 is 5.11 Å². The van der Waals surface area contributed by atoms with Gasteiger partial charge in [-0.2, -0.15) is 0 Å². The Bertz CT molecular complexity index is 1160. The van der Waals surface area contributed by atoms with Crippen molar-refractivity contribution in [2.24, 2.45) is 0 Å². The fourth-order valence-electron chi connectivity index (χ4n) is 3.24. The van der Waals surface area contributed by atoms with Crippen molar-refractivity contribution in [3.05, 3.63) is 92.6 Å². The zero-order valence-electron chi connectivity index (χ0n) is 14.6. The number of aliphatic hydroxyl groups is 1. The van der Waals surface area contributed by atoms with Gasteiger partial charge in [-0.3, -0.25) is 14.5 Å². The number of Topliss-reactive ketones (excluding diaryl/α,β-unsaturated/α-hetero) is 1. The van der Waals surface area contributed by atoms with Crippen LogP contribution in [0.3, 0.4) is 0 Å². The molecule has 2 heterocycles. The number of halogens is 3. The van der Waals surface area contributed by atoms with E-state index in [1.54, 1.807) is 35.7 Å². The Morgan fingerprint density at radius 1 is 1.03 bits per heavy atom. The number of nitrogens with zero attached hydrogens (tertiary/aromatic N) is 1. The van der Waals surface area contributed by atoms with E-state index in [9.17, 15) is 23.5 Å². The molecule has 1 aliphatic heterocycles. The number of benzene rings is 2. The summed E-state index contributed by atoms with van der Waals surface area (Å²) in [5.41, 5.74) is 0.126. The molecular weight excluding hydrogens is 420 g/mol. The summed E-state index contributed by atoms with van der Waals surface area (Å²) in [4.78, 5) is 27.3. The average molecular weight is 432 g/mol. The maximum absolute atomic E-state index is 13.8. The lowest BCUT2D eigenvalue weighted by molar-refractivity contribution is -0.132. The predicted molar refractivity (Wildman–Crippen MR) is 107 cm³/mol. The highest BCUT2D eigenvalue weighted by Gasteiger charge is 2.47. The Hall–Kier alpha value is -3.03. The van der Waals surface area contributed by atoms with Crippen molar-refractivity contribution in [3.63, 3.8) is 0 Å². The minimum Gasteiger partial charge on any atom is -0.507 e. The van der Waals surface area contributed by atoms with E-state index in [1.165, 1.54) is 23.5 Å². The van der Waals surface area contributed by atoms with Crippen molar-refractivity contribution >= 4 is 46.1 Å². The van der Waals surface area contributed by atoms with Gasteiger partial charge in [-0.15, -0.1) is 11.3 Å². The second-order valence-electron chi connectivity index (χ2n) is 6.29. The van der Waals surface area contributed by atoms with E-state index in [0.29, 0.717) is 9.90 Å². The standard InChI is InChI=1S/C21H12ClF2NO3S/c22-12-4-1-3-11(9-12)19(26)17-18(16-5-2-8-29-16)25(21(28)20(17)27)13-6-7-14(23)15(24)10-13/h1-10,18,26H/b19-17-. The molecule has 1 amide bonds. The van der Waals surface area contributed by atoms with Crippen LogP contribution in [0.2, 0.25) is 5.02 Å². The van der Waals surface area contributed by atoms with E-state index in [1.807, 2.05) is 0 Å². The van der Waals surface area contributed by atoms with Crippen LogP contribution in [-0.4, -0.2) is 16.8 Å². The quantitative estimate of drug-likeness (QED) is 0.347. The molecule has 0 bridgehead atoms. The Morgan fingerprint density at radius 3 is 2.48 bits per heavy atom. The van der Waals surface area contributed by atoms with Crippen LogP contribution in [0.1, 0.15) is 16.5 Å². The van der Waals surface area contributed by atoms with Crippen LogP contribution in [0.15, 0.2) is 65.6 Å². The van der Waals surface area contributed by atoms with Crippen molar-refractivity contribution in [3.8, 4) is 0 Å². The number of aliphatic hydroxyl groups excluding tert-OH is 1. The molecule has 8 heteroatoms. The van der Waals surface area contributed by atoms with Gasteiger partial charge in [0.1, 0.15) is 11.8 Å². The summed E-state index contributed by atoms with van der Waals surface area (Å²) >= 11 is 7.25. The van der Waals surface area contributed by atoms with Gasteiger partial charge in [0, 0.05) is 27.2 Å². The molecule has 1 aromatic heterocycles. The molecular formula is C21H12ClF2NO3S. The van der Waals surface area contributed by atoms with Crippen LogP contribution >= 0.6 is 22.9 Å². The summed E-state index contributed by atoms with van der Waals surface area (Å²) in [6, 6.07) is 11.6. The first-order chi connectivity index (χ1) is 13.9. The van der Waals surface area contributed by atoms with Crippen molar-refractivity contribution in [1.82, 2.24) is 0 Å². The number of rotatable bonds is 3. The van der Waals surface area contributed by atoms with Crippen LogP contribution in [0.4, 0.5) is 14.5 Å². The van der Waals surface area contributed by atoms with E-state index >= 15 is 0 Å². The number of ketones is 1. The molecule has 3 aromatic rings. The molecule has 1 fully saturated rings. The molecule has 29 heavy (non-hydrogen) atoms. The van der Waals surface area contributed by atoms with Crippen LogP contribution in [0.5, 0.6) is 0 Å². The summed E-state index contributed by atoms with van der Waals surface area (Å²) in [6.45, 7) is 0. The highest BCUT2D eigenvalue weighted by molar-refractivity contribution is 7.10. The summed E-state index contributed by atoms with van der Waals surface area (Å²) in [7, 11) is 0. The first kappa shape index (κ1) is 19.3. The SMILES string of the molecule is O=C1C(=O)N(c2ccc(F)c(F)c2)C(c2cccs2)/C1=C(/O)c1cccc(Cl)c1. The predicted octanol–water partition coefficient (Wildman–Crippen LogP) is 5.31. The fourth-order valence-corrected chi connectivity index (χ4v) is 4.25. The van der Waals surface area contributed by atoms with Crippen LogP contribution in [-0.2, 0) is 9.59 Å². The Balaban J connectivity index is 1.94. The minimum absolute atomic E-state index is 0.00884. The smallest absolute Gasteiger partial charge is 0.300 e. The van der Waals surface area contributed by atoms with Crippen molar-refractivity contribution in [1.29, 1.82) is 0 Å². The third-order valence-electron chi connectivity index (χ3n) is 4.54. The topological polar surface area (TPSA) is 57.6 Å². The van der Waals surface area contributed by atoms with Gasteiger partial charge in [0.25, 0.3) is 11.7 Å². The molecule has 1 saturated heterocycles. The molecule has 0 spiro atoms. The van der Waals surface area contributed by atoms with Gasteiger partial charge in [0.15, 0.2) is 11.6 Å². The summed E-state index contributed by atoms with van der Waals surface area (Å²) < 4.78 is 27.2. The lowest BCUT2D eigenvalue weighted by Gasteiger charge is -2.24. The Morgan fingerprint density at radius 2 is 1.83 bits per heavy atom. The Kier molecular flexibility index (Phi) is 4.94. The van der Waals surface area contributed by atoms with E-state index in [0.717, 1.165) is 17.0 Å². The van der Waals surface area contributed by atoms with Crippen LogP contribution < -0.4 is 4.90 Å². The molecule has 4 nitrogen and oxygen atoms in total. The third kappa shape index (κ3) is 3.32. The first-order valence-electron chi connectivity index (χ1n) is 8.44. The van der Waals surface area contributed by atoms with Gasteiger partial charge in [-0.05, 0) is 35.7 Å². The summed E-state index contributed by atoms with van der Waals surface area (Å²) in [5.74, 6) is -4.49. The molecule has 1 N–H and O–H groups in total. The molecule has 4 rings (SSSR count). The maximum atomic E-state index is 13.8. The van der Waals surface area contributed by atoms with Gasteiger partial charge in [-0.1, -0.05) is 29.8 Å². The summed E-state index contributed by atoms with van der Waals surface area (Å²) in [5, 5.41) is 13.0. The van der Waals surface area contributed by atoms with Crippen molar-refractivity contribution < 1.29 is 23.5 Å². The van der Waals surface area contributed by atoms with Gasteiger partial charge in [0.05, 0.1) is 5.57 Å². The number of hydrogen-bond acceptors (Lipinski definition) is 4. The van der Waals surface area contributed by atoms with Crippen molar-refractivity contribution in [2.75, 3.05) is 4.90 Å². The number of amides is 1. The highest BCUT2D eigenvalue weighted by atomic mass is 35.5. The highest BCUT2D eigenvalue weighted by Crippen LogP contribution is 2.43. The number of carbonyl (C=O) groups excluding carboxylic acids is 2. The third-order valence-corrected chi connectivity index (χ3v) is 5.70. The number of anilines is 1. The zero-order valence-corrected chi connectivity index (χ0v) is 16.2. The fraction of sp³-hybridized carbons (Fsp3) is 0.0476. The van der Waals surface area contributed by atoms with E-state index in [4.69, 9.17) is 11.6 Å². The van der Waals surface area contributed by atoms with E-state index in [2.05, 4.69) is 0 Å². The van der Waals surface area contributed by atoms with Gasteiger partial charge in [0.2, 0.25) is 0 Å².